The first-order valence-electron chi connectivity index (χ1n) is 7.54. The molecular formula is C19H16ClNO3. The summed E-state index contributed by atoms with van der Waals surface area (Å²) >= 11 is 5.98. The molecule has 24 heavy (non-hydrogen) atoms. The molecule has 0 saturated heterocycles. The van der Waals surface area contributed by atoms with Crippen molar-refractivity contribution in [3.63, 3.8) is 0 Å². The third-order valence-corrected chi connectivity index (χ3v) is 3.91. The van der Waals surface area contributed by atoms with E-state index in [1.54, 1.807) is 20.1 Å². The summed E-state index contributed by atoms with van der Waals surface area (Å²) in [5, 5.41) is 1.55. The van der Waals surface area contributed by atoms with Crippen molar-refractivity contribution in [1.29, 1.82) is 0 Å². The lowest BCUT2D eigenvalue weighted by Crippen LogP contribution is -2.07. The largest absolute Gasteiger partial charge is 0.497 e. The number of benzene rings is 2. The molecule has 1 heterocycles. The number of carbonyl (C=O) groups excluding carboxylic acids is 1. The number of aromatic nitrogens is 1. The lowest BCUT2D eigenvalue weighted by molar-refractivity contribution is 0.0520. The fraction of sp³-hybridized carbons (Fsp3) is 0.158. The van der Waals surface area contributed by atoms with Gasteiger partial charge in [-0.1, -0.05) is 23.7 Å². The van der Waals surface area contributed by atoms with Crippen LogP contribution in [0.3, 0.4) is 0 Å². The number of hydrogen-bond donors (Lipinski definition) is 0. The molecule has 0 radical (unpaired) electrons. The standard InChI is InChI=1S/C19H16ClNO3/c1-3-24-19(22)18-11-15(12-4-6-13(20)7-5-12)16-10-14(23-2)8-9-17(16)21-18/h4-11H,3H2,1-2H3. The number of hydrogen-bond acceptors (Lipinski definition) is 4. The monoisotopic (exact) mass is 341 g/mol. The van der Waals surface area contributed by atoms with E-state index in [1.165, 1.54) is 0 Å². The third kappa shape index (κ3) is 3.19. The summed E-state index contributed by atoms with van der Waals surface area (Å²) in [6.45, 7) is 2.07. The number of pyridine rings is 1. The number of methoxy groups -OCH3 is 1. The van der Waals surface area contributed by atoms with Crippen LogP contribution in [-0.4, -0.2) is 24.7 Å². The Morgan fingerprint density at radius 1 is 1.12 bits per heavy atom. The highest BCUT2D eigenvalue weighted by atomic mass is 35.5. The molecule has 1 aromatic heterocycles. The van der Waals surface area contributed by atoms with Crippen LogP contribution in [0.4, 0.5) is 0 Å². The highest BCUT2D eigenvalue weighted by Crippen LogP contribution is 2.32. The Morgan fingerprint density at radius 3 is 2.54 bits per heavy atom. The van der Waals surface area contributed by atoms with Crippen LogP contribution in [0.1, 0.15) is 17.4 Å². The fourth-order valence-electron chi connectivity index (χ4n) is 2.51. The molecule has 0 N–H and O–H groups in total. The van der Waals surface area contributed by atoms with E-state index in [-0.39, 0.29) is 5.69 Å². The summed E-state index contributed by atoms with van der Waals surface area (Å²) in [5.41, 5.74) is 2.79. The summed E-state index contributed by atoms with van der Waals surface area (Å²) < 4.78 is 10.4. The van der Waals surface area contributed by atoms with Crippen molar-refractivity contribution in [1.82, 2.24) is 4.98 Å². The molecule has 0 aliphatic carbocycles. The summed E-state index contributed by atoms with van der Waals surface area (Å²) in [6.07, 6.45) is 0. The van der Waals surface area contributed by atoms with E-state index < -0.39 is 5.97 Å². The molecule has 3 rings (SSSR count). The molecule has 0 aliphatic rings. The van der Waals surface area contributed by atoms with Crippen molar-refractivity contribution >= 4 is 28.5 Å². The van der Waals surface area contributed by atoms with Crippen LogP contribution in [0.2, 0.25) is 5.02 Å². The molecule has 3 aromatic rings. The molecule has 2 aromatic carbocycles. The highest BCUT2D eigenvalue weighted by Gasteiger charge is 2.15. The first-order chi connectivity index (χ1) is 11.6. The smallest absolute Gasteiger partial charge is 0.356 e. The number of ether oxygens (including phenoxy) is 2. The second-order valence-corrected chi connectivity index (χ2v) is 5.60. The maximum Gasteiger partial charge on any atom is 0.356 e. The van der Waals surface area contributed by atoms with Crippen molar-refractivity contribution in [2.24, 2.45) is 0 Å². The summed E-state index contributed by atoms with van der Waals surface area (Å²) in [5.74, 6) is 0.286. The predicted octanol–water partition coefficient (Wildman–Crippen LogP) is 4.74. The molecule has 0 spiro atoms. The van der Waals surface area contributed by atoms with Gasteiger partial charge in [0.25, 0.3) is 0 Å². The van der Waals surface area contributed by atoms with Gasteiger partial charge >= 0.3 is 5.97 Å². The van der Waals surface area contributed by atoms with Crippen LogP contribution in [0.5, 0.6) is 5.75 Å². The Kier molecular flexibility index (Phi) is 4.67. The lowest BCUT2D eigenvalue weighted by Gasteiger charge is -2.11. The van der Waals surface area contributed by atoms with Crippen molar-refractivity contribution in [2.45, 2.75) is 6.92 Å². The number of esters is 1. The van der Waals surface area contributed by atoms with E-state index in [2.05, 4.69) is 4.98 Å². The van der Waals surface area contributed by atoms with Crippen molar-refractivity contribution in [3.8, 4) is 16.9 Å². The Bertz CT molecular complexity index is 891. The molecule has 5 heteroatoms. The number of fused-ring (bicyclic) bond motifs is 1. The topological polar surface area (TPSA) is 48.4 Å². The minimum absolute atomic E-state index is 0.277. The van der Waals surface area contributed by atoms with E-state index in [0.29, 0.717) is 17.1 Å². The van der Waals surface area contributed by atoms with Gasteiger partial charge in [0.05, 0.1) is 19.2 Å². The number of carbonyl (C=O) groups is 1. The molecule has 0 amide bonds. The maximum absolute atomic E-state index is 12.1. The second kappa shape index (κ2) is 6.89. The van der Waals surface area contributed by atoms with Crippen LogP contribution in [0, 0.1) is 0 Å². The molecule has 0 atom stereocenters. The molecule has 0 saturated carbocycles. The Labute approximate surface area is 145 Å². The zero-order valence-electron chi connectivity index (χ0n) is 13.4. The molecule has 4 nitrogen and oxygen atoms in total. The van der Waals surface area contributed by atoms with Crippen LogP contribution in [0.25, 0.3) is 22.0 Å². The van der Waals surface area contributed by atoms with E-state index in [4.69, 9.17) is 21.1 Å². The van der Waals surface area contributed by atoms with E-state index in [0.717, 1.165) is 22.3 Å². The summed E-state index contributed by atoms with van der Waals surface area (Å²) in [7, 11) is 1.61. The number of nitrogens with zero attached hydrogens (tertiary/aromatic N) is 1. The van der Waals surface area contributed by atoms with Gasteiger partial charge in [-0.3, -0.25) is 0 Å². The lowest BCUT2D eigenvalue weighted by atomic mass is 10.00. The second-order valence-electron chi connectivity index (χ2n) is 5.17. The number of rotatable bonds is 4. The highest BCUT2D eigenvalue weighted by molar-refractivity contribution is 6.30. The van der Waals surface area contributed by atoms with Crippen molar-refractivity contribution in [2.75, 3.05) is 13.7 Å². The zero-order chi connectivity index (χ0) is 17.1. The van der Waals surface area contributed by atoms with Crippen molar-refractivity contribution in [3.05, 3.63) is 59.2 Å². The molecule has 0 bridgehead atoms. The van der Waals surface area contributed by atoms with Crippen LogP contribution >= 0.6 is 11.6 Å². The third-order valence-electron chi connectivity index (χ3n) is 3.66. The van der Waals surface area contributed by atoms with Gasteiger partial charge in [-0.2, -0.15) is 0 Å². The van der Waals surface area contributed by atoms with E-state index >= 15 is 0 Å². The average molecular weight is 342 g/mol. The van der Waals surface area contributed by atoms with Crippen molar-refractivity contribution < 1.29 is 14.3 Å². The van der Waals surface area contributed by atoms with Gasteiger partial charge in [0, 0.05) is 10.4 Å². The fourth-order valence-corrected chi connectivity index (χ4v) is 2.64. The average Bonchev–Trinajstić information content (AvgIpc) is 2.61. The summed E-state index contributed by atoms with van der Waals surface area (Å²) in [6, 6.07) is 14.7. The summed E-state index contributed by atoms with van der Waals surface area (Å²) in [4.78, 5) is 16.5. The molecular weight excluding hydrogens is 326 g/mol. The van der Waals surface area contributed by atoms with Gasteiger partial charge in [0.2, 0.25) is 0 Å². The quantitative estimate of drug-likeness (QED) is 0.643. The number of halogens is 1. The normalized spacial score (nSPS) is 10.6. The molecule has 0 unspecified atom stereocenters. The van der Waals surface area contributed by atoms with Gasteiger partial charge in [-0.15, -0.1) is 0 Å². The Hall–Kier alpha value is -2.59. The molecule has 0 aliphatic heterocycles. The maximum atomic E-state index is 12.1. The SMILES string of the molecule is CCOC(=O)c1cc(-c2ccc(Cl)cc2)c2cc(OC)ccc2n1. The van der Waals surface area contributed by atoms with Crippen LogP contribution in [-0.2, 0) is 4.74 Å². The van der Waals surface area contributed by atoms with Crippen LogP contribution in [0.15, 0.2) is 48.5 Å². The van der Waals surface area contributed by atoms with Gasteiger partial charge in [0.1, 0.15) is 11.4 Å². The minimum Gasteiger partial charge on any atom is -0.497 e. The van der Waals surface area contributed by atoms with Gasteiger partial charge in [-0.05, 0) is 54.4 Å². The first-order valence-corrected chi connectivity index (χ1v) is 7.92. The minimum atomic E-state index is -0.439. The molecule has 122 valence electrons. The zero-order valence-corrected chi connectivity index (χ0v) is 14.1. The van der Waals surface area contributed by atoms with E-state index in [9.17, 15) is 4.79 Å². The van der Waals surface area contributed by atoms with Gasteiger partial charge < -0.3 is 9.47 Å². The Morgan fingerprint density at radius 2 is 1.88 bits per heavy atom. The van der Waals surface area contributed by atoms with Crippen LogP contribution < -0.4 is 4.74 Å². The Balaban J connectivity index is 2.25. The predicted molar refractivity (Wildman–Crippen MR) is 94.7 cm³/mol. The van der Waals surface area contributed by atoms with Gasteiger partial charge in [-0.25, -0.2) is 9.78 Å². The first kappa shape index (κ1) is 16.3. The van der Waals surface area contributed by atoms with Gasteiger partial charge in [0.15, 0.2) is 0 Å². The van der Waals surface area contributed by atoms with E-state index in [1.807, 2.05) is 42.5 Å². The molecule has 0 fully saturated rings.